The highest BCUT2D eigenvalue weighted by Gasteiger charge is 2.28. The van der Waals surface area contributed by atoms with Crippen molar-refractivity contribution in [2.75, 3.05) is 25.1 Å². The standard InChI is InChI=1S/C15H20ClNO4/c1-3-5-6-20-12-8-13-11(7-10(12)16)17-9-14(21-13)15(18)19-4-2/h7-8,14,17H,3-6,9H2,1-2H3. The number of rotatable bonds is 6. The molecule has 1 aliphatic rings. The van der Waals surface area contributed by atoms with Crippen molar-refractivity contribution < 1.29 is 19.0 Å². The van der Waals surface area contributed by atoms with Gasteiger partial charge in [0.15, 0.2) is 0 Å². The summed E-state index contributed by atoms with van der Waals surface area (Å²) in [6, 6.07) is 3.46. The number of unbranched alkanes of at least 4 members (excludes halogenated alkanes) is 1. The number of anilines is 1. The van der Waals surface area contributed by atoms with Gasteiger partial charge in [-0.1, -0.05) is 24.9 Å². The molecular formula is C15H20ClNO4. The zero-order valence-corrected chi connectivity index (χ0v) is 13.0. The molecule has 116 valence electrons. The van der Waals surface area contributed by atoms with Crippen LogP contribution in [0.2, 0.25) is 5.02 Å². The molecule has 1 N–H and O–H groups in total. The van der Waals surface area contributed by atoms with Gasteiger partial charge < -0.3 is 19.5 Å². The second-order valence-electron chi connectivity index (χ2n) is 4.72. The fraction of sp³-hybridized carbons (Fsp3) is 0.533. The summed E-state index contributed by atoms with van der Waals surface area (Å²) in [7, 11) is 0. The van der Waals surface area contributed by atoms with Crippen molar-refractivity contribution in [1.29, 1.82) is 0 Å². The third-order valence-electron chi connectivity index (χ3n) is 3.09. The number of nitrogens with one attached hydrogen (secondary N) is 1. The van der Waals surface area contributed by atoms with E-state index in [9.17, 15) is 4.79 Å². The number of carbonyl (C=O) groups excluding carboxylic acids is 1. The zero-order valence-electron chi connectivity index (χ0n) is 12.3. The summed E-state index contributed by atoms with van der Waals surface area (Å²) in [4.78, 5) is 11.7. The van der Waals surface area contributed by atoms with E-state index in [2.05, 4.69) is 12.2 Å². The van der Waals surface area contributed by atoms with Crippen LogP contribution in [0.1, 0.15) is 26.7 Å². The van der Waals surface area contributed by atoms with E-state index in [1.54, 1.807) is 19.1 Å². The maximum atomic E-state index is 11.7. The smallest absolute Gasteiger partial charge is 0.349 e. The molecule has 21 heavy (non-hydrogen) atoms. The average Bonchev–Trinajstić information content (AvgIpc) is 2.48. The van der Waals surface area contributed by atoms with Crippen LogP contribution in [0.3, 0.4) is 0 Å². The molecule has 1 aromatic rings. The molecule has 0 spiro atoms. The highest BCUT2D eigenvalue weighted by atomic mass is 35.5. The number of carbonyl (C=O) groups is 1. The van der Waals surface area contributed by atoms with Crippen molar-refractivity contribution in [3.05, 3.63) is 17.2 Å². The maximum absolute atomic E-state index is 11.7. The van der Waals surface area contributed by atoms with Gasteiger partial charge >= 0.3 is 5.97 Å². The lowest BCUT2D eigenvalue weighted by Gasteiger charge is -2.26. The Morgan fingerprint density at radius 2 is 2.29 bits per heavy atom. The second kappa shape index (κ2) is 7.41. The first-order valence-electron chi connectivity index (χ1n) is 7.19. The summed E-state index contributed by atoms with van der Waals surface area (Å²) in [6.07, 6.45) is 1.35. The molecule has 0 saturated carbocycles. The van der Waals surface area contributed by atoms with Crippen molar-refractivity contribution in [2.45, 2.75) is 32.8 Å². The summed E-state index contributed by atoms with van der Waals surface area (Å²) < 4.78 is 16.3. The van der Waals surface area contributed by atoms with Gasteiger partial charge in [-0.25, -0.2) is 4.79 Å². The number of hydrogen-bond donors (Lipinski definition) is 1. The molecule has 0 bridgehead atoms. The predicted octanol–water partition coefficient (Wildman–Crippen LogP) is 3.25. The quantitative estimate of drug-likeness (QED) is 0.645. The van der Waals surface area contributed by atoms with Crippen LogP contribution >= 0.6 is 11.6 Å². The van der Waals surface area contributed by atoms with Crippen molar-refractivity contribution in [3.63, 3.8) is 0 Å². The second-order valence-corrected chi connectivity index (χ2v) is 5.13. The largest absolute Gasteiger partial charge is 0.492 e. The predicted molar refractivity (Wildman–Crippen MR) is 81.4 cm³/mol. The summed E-state index contributed by atoms with van der Waals surface area (Å²) >= 11 is 6.18. The molecule has 0 aliphatic carbocycles. The SMILES string of the molecule is CCCCOc1cc2c(cc1Cl)NCC(C(=O)OCC)O2. The van der Waals surface area contributed by atoms with Gasteiger partial charge in [-0.15, -0.1) is 0 Å². The van der Waals surface area contributed by atoms with Crippen LogP contribution in [0.5, 0.6) is 11.5 Å². The highest BCUT2D eigenvalue weighted by Crippen LogP contribution is 2.38. The molecule has 0 radical (unpaired) electrons. The summed E-state index contributed by atoms with van der Waals surface area (Å²) in [5.41, 5.74) is 0.753. The number of hydrogen-bond acceptors (Lipinski definition) is 5. The minimum absolute atomic E-state index is 0.331. The minimum Gasteiger partial charge on any atom is -0.492 e. The summed E-state index contributed by atoms with van der Waals surface area (Å²) in [5, 5.41) is 3.65. The van der Waals surface area contributed by atoms with Crippen molar-refractivity contribution >= 4 is 23.3 Å². The van der Waals surface area contributed by atoms with Crippen molar-refractivity contribution in [2.24, 2.45) is 0 Å². The minimum atomic E-state index is -0.651. The van der Waals surface area contributed by atoms with E-state index < -0.39 is 6.10 Å². The molecule has 1 heterocycles. The molecule has 1 unspecified atom stereocenters. The zero-order chi connectivity index (χ0) is 15.2. The van der Waals surface area contributed by atoms with Crippen LogP contribution in [0, 0.1) is 0 Å². The van der Waals surface area contributed by atoms with Crippen molar-refractivity contribution in [3.8, 4) is 11.5 Å². The van der Waals surface area contributed by atoms with Crippen LogP contribution < -0.4 is 14.8 Å². The monoisotopic (exact) mass is 313 g/mol. The van der Waals surface area contributed by atoms with Crippen molar-refractivity contribution in [1.82, 2.24) is 0 Å². The van der Waals surface area contributed by atoms with E-state index in [1.165, 1.54) is 0 Å². The van der Waals surface area contributed by atoms with E-state index in [1.807, 2.05) is 0 Å². The number of halogens is 1. The fourth-order valence-electron chi connectivity index (χ4n) is 1.97. The van der Waals surface area contributed by atoms with Gasteiger partial charge in [0, 0.05) is 6.07 Å². The Hall–Kier alpha value is -1.62. The Kier molecular flexibility index (Phi) is 5.56. The van der Waals surface area contributed by atoms with E-state index in [0.29, 0.717) is 36.3 Å². The Labute approximate surface area is 129 Å². The molecule has 0 saturated heterocycles. The lowest BCUT2D eigenvalue weighted by atomic mass is 10.2. The number of ether oxygens (including phenoxy) is 3. The van der Waals surface area contributed by atoms with E-state index in [-0.39, 0.29) is 5.97 Å². The van der Waals surface area contributed by atoms with Gasteiger partial charge in [0.25, 0.3) is 0 Å². The molecule has 1 atom stereocenters. The lowest BCUT2D eigenvalue weighted by Crippen LogP contribution is -2.38. The molecule has 2 rings (SSSR count). The van der Waals surface area contributed by atoms with Crippen LogP contribution in [0.4, 0.5) is 5.69 Å². The first-order chi connectivity index (χ1) is 10.2. The Morgan fingerprint density at radius 3 is 3.00 bits per heavy atom. The van der Waals surface area contributed by atoms with Crippen LogP contribution in [0.15, 0.2) is 12.1 Å². The van der Waals surface area contributed by atoms with Gasteiger partial charge in [-0.05, 0) is 19.4 Å². The Bertz CT molecular complexity index is 507. The van der Waals surface area contributed by atoms with Crippen LogP contribution in [0.25, 0.3) is 0 Å². The van der Waals surface area contributed by atoms with Gasteiger partial charge in [0.05, 0.1) is 30.5 Å². The molecular weight excluding hydrogens is 294 g/mol. The number of fused-ring (bicyclic) bond motifs is 1. The Balaban J connectivity index is 2.10. The van der Waals surface area contributed by atoms with Gasteiger partial charge in [-0.2, -0.15) is 0 Å². The van der Waals surface area contributed by atoms with Crippen LogP contribution in [-0.4, -0.2) is 31.8 Å². The first kappa shape index (κ1) is 15.8. The number of esters is 1. The summed E-state index contributed by atoms with van der Waals surface area (Å²) in [5.74, 6) is 0.740. The average molecular weight is 314 g/mol. The third kappa shape index (κ3) is 3.94. The van der Waals surface area contributed by atoms with Gasteiger partial charge in [0.2, 0.25) is 6.10 Å². The number of benzene rings is 1. The molecule has 1 aromatic carbocycles. The van der Waals surface area contributed by atoms with Crippen LogP contribution in [-0.2, 0) is 9.53 Å². The lowest BCUT2D eigenvalue weighted by molar-refractivity contribution is -0.150. The summed E-state index contributed by atoms with van der Waals surface area (Å²) in [6.45, 7) is 5.15. The molecule has 6 heteroatoms. The molecule has 0 aromatic heterocycles. The highest BCUT2D eigenvalue weighted by molar-refractivity contribution is 6.32. The third-order valence-corrected chi connectivity index (χ3v) is 3.38. The molecule has 5 nitrogen and oxygen atoms in total. The van der Waals surface area contributed by atoms with E-state index >= 15 is 0 Å². The maximum Gasteiger partial charge on any atom is 0.349 e. The van der Waals surface area contributed by atoms with Gasteiger partial charge in [-0.3, -0.25) is 0 Å². The first-order valence-corrected chi connectivity index (χ1v) is 7.57. The fourth-order valence-corrected chi connectivity index (χ4v) is 2.19. The molecule has 0 amide bonds. The topological polar surface area (TPSA) is 56.8 Å². The van der Waals surface area contributed by atoms with Gasteiger partial charge in [0.1, 0.15) is 11.5 Å². The molecule has 0 fully saturated rings. The van der Waals surface area contributed by atoms with E-state index in [4.69, 9.17) is 25.8 Å². The normalized spacial score (nSPS) is 16.4. The molecule has 1 aliphatic heterocycles. The Morgan fingerprint density at radius 1 is 1.48 bits per heavy atom. The van der Waals surface area contributed by atoms with E-state index in [0.717, 1.165) is 18.5 Å².